The number of hydrogen-bond donors (Lipinski definition) is 1. The fourth-order valence-electron chi connectivity index (χ4n) is 3.24. The first-order chi connectivity index (χ1) is 12.8. The number of halogens is 1. The molecule has 1 heterocycles. The van der Waals surface area contributed by atoms with Gasteiger partial charge in [-0.2, -0.15) is 4.31 Å². The van der Waals surface area contributed by atoms with Crippen LogP contribution in [0.5, 0.6) is 0 Å². The summed E-state index contributed by atoms with van der Waals surface area (Å²) in [6.07, 6.45) is 1.01. The summed E-state index contributed by atoms with van der Waals surface area (Å²) < 4.78 is 26.9. The van der Waals surface area contributed by atoms with Crippen LogP contribution in [0.4, 0.5) is 5.69 Å². The summed E-state index contributed by atoms with van der Waals surface area (Å²) >= 11 is 5.84. The van der Waals surface area contributed by atoms with Crippen LogP contribution in [0.25, 0.3) is 0 Å². The smallest absolute Gasteiger partial charge is 0.243 e. The van der Waals surface area contributed by atoms with Crippen LogP contribution >= 0.6 is 11.6 Å². The first-order valence-corrected chi connectivity index (χ1v) is 10.7. The van der Waals surface area contributed by atoms with E-state index in [0.717, 1.165) is 16.8 Å². The Kier molecular flexibility index (Phi) is 5.89. The molecule has 0 spiro atoms. The molecule has 0 atom stereocenters. The van der Waals surface area contributed by atoms with Crippen molar-refractivity contribution in [2.75, 3.05) is 18.4 Å². The van der Waals surface area contributed by atoms with E-state index in [9.17, 15) is 13.2 Å². The number of benzene rings is 2. The lowest BCUT2D eigenvalue weighted by Crippen LogP contribution is -2.41. The highest BCUT2D eigenvalue weighted by Gasteiger charge is 2.32. The van der Waals surface area contributed by atoms with Gasteiger partial charge in [-0.1, -0.05) is 23.7 Å². The third-order valence-corrected chi connectivity index (χ3v) is 7.30. The van der Waals surface area contributed by atoms with Gasteiger partial charge in [-0.25, -0.2) is 8.42 Å². The number of amides is 1. The minimum absolute atomic E-state index is 0.0489. The molecule has 1 aliphatic rings. The van der Waals surface area contributed by atoms with Crippen molar-refractivity contribution in [3.63, 3.8) is 0 Å². The van der Waals surface area contributed by atoms with Gasteiger partial charge in [0.05, 0.1) is 4.90 Å². The number of hydrogen-bond acceptors (Lipinski definition) is 3. The number of nitrogens with zero attached hydrogens (tertiary/aromatic N) is 1. The van der Waals surface area contributed by atoms with Crippen LogP contribution in [-0.4, -0.2) is 31.7 Å². The molecule has 27 heavy (non-hydrogen) atoms. The zero-order valence-electron chi connectivity index (χ0n) is 15.4. The molecule has 0 aromatic heterocycles. The summed E-state index contributed by atoms with van der Waals surface area (Å²) in [7, 11) is -3.56. The maximum Gasteiger partial charge on any atom is 0.243 e. The van der Waals surface area contributed by atoms with Crippen LogP contribution in [0, 0.1) is 19.8 Å². The molecule has 0 radical (unpaired) electrons. The highest BCUT2D eigenvalue weighted by molar-refractivity contribution is 7.89. The van der Waals surface area contributed by atoms with Gasteiger partial charge in [-0.15, -0.1) is 0 Å². The van der Waals surface area contributed by atoms with Gasteiger partial charge in [0, 0.05) is 29.7 Å². The zero-order valence-corrected chi connectivity index (χ0v) is 17.0. The van der Waals surface area contributed by atoms with Crippen molar-refractivity contribution in [2.45, 2.75) is 31.6 Å². The average molecular weight is 407 g/mol. The molecule has 1 N–H and O–H groups in total. The molecule has 0 unspecified atom stereocenters. The Bertz CT molecular complexity index is 934. The van der Waals surface area contributed by atoms with Gasteiger partial charge in [-0.3, -0.25) is 4.79 Å². The predicted octanol–water partition coefficient (Wildman–Crippen LogP) is 4.00. The van der Waals surface area contributed by atoms with Crippen LogP contribution in [0.3, 0.4) is 0 Å². The SMILES string of the molecule is Cc1cccc(NC(=O)C2CCN(S(=O)(=O)c3ccc(Cl)cc3)CC2)c1C. The molecule has 0 saturated carbocycles. The van der Waals surface area contributed by atoms with Crippen molar-refractivity contribution in [3.8, 4) is 0 Å². The molecule has 0 bridgehead atoms. The maximum atomic E-state index is 12.7. The molecule has 3 rings (SSSR count). The first-order valence-electron chi connectivity index (χ1n) is 8.92. The fourth-order valence-corrected chi connectivity index (χ4v) is 4.83. The Labute approximate surface area is 165 Å². The third kappa shape index (κ3) is 4.34. The van der Waals surface area contributed by atoms with Gasteiger partial charge in [0.15, 0.2) is 0 Å². The number of nitrogens with one attached hydrogen (secondary N) is 1. The van der Waals surface area contributed by atoms with Crippen molar-refractivity contribution < 1.29 is 13.2 Å². The Hall–Kier alpha value is -1.89. The molecule has 2 aromatic carbocycles. The predicted molar refractivity (Wildman–Crippen MR) is 107 cm³/mol. The monoisotopic (exact) mass is 406 g/mol. The van der Waals surface area contributed by atoms with Gasteiger partial charge in [0.1, 0.15) is 0 Å². The number of aryl methyl sites for hydroxylation is 1. The highest BCUT2D eigenvalue weighted by Crippen LogP contribution is 2.26. The first kappa shape index (κ1) is 19.9. The van der Waals surface area contributed by atoms with E-state index in [0.29, 0.717) is 31.0 Å². The number of carbonyl (C=O) groups excluding carboxylic acids is 1. The second-order valence-electron chi connectivity index (χ2n) is 6.87. The summed E-state index contributed by atoms with van der Waals surface area (Å²) in [5.41, 5.74) is 2.99. The van der Waals surface area contributed by atoms with Gasteiger partial charge >= 0.3 is 0 Å². The second kappa shape index (κ2) is 8.00. The second-order valence-corrected chi connectivity index (χ2v) is 9.24. The van der Waals surface area contributed by atoms with Crippen molar-refractivity contribution in [3.05, 3.63) is 58.6 Å². The third-order valence-electron chi connectivity index (χ3n) is 5.14. The standard InChI is InChI=1S/C20H23ClN2O3S/c1-14-4-3-5-19(15(14)2)22-20(24)16-10-12-23(13-11-16)27(25,26)18-8-6-17(21)7-9-18/h3-9,16H,10-13H2,1-2H3,(H,22,24). The molecule has 7 heteroatoms. The Morgan fingerprint density at radius 3 is 2.33 bits per heavy atom. The van der Waals surface area contributed by atoms with Crippen molar-refractivity contribution >= 4 is 33.2 Å². The molecule has 2 aromatic rings. The van der Waals surface area contributed by atoms with Crippen LogP contribution in [0.15, 0.2) is 47.4 Å². The van der Waals surface area contributed by atoms with E-state index in [1.165, 1.54) is 16.4 Å². The molecule has 5 nitrogen and oxygen atoms in total. The van der Waals surface area contributed by atoms with E-state index >= 15 is 0 Å². The van der Waals surface area contributed by atoms with E-state index in [1.54, 1.807) is 12.1 Å². The summed E-state index contributed by atoms with van der Waals surface area (Å²) in [6.45, 7) is 4.64. The number of rotatable bonds is 4. The van der Waals surface area contributed by atoms with E-state index in [1.807, 2.05) is 32.0 Å². The lowest BCUT2D eigenvalue weighted by Gasteiger charge is -2.30. The average Bonchev–Trinajstić information content (AvgIpc) is 2.66. The number of carbonyl (C=O) groups is 1. The lowest BCUT2D eigenvalue weighted by molar-refractivity contribution is -0.120. The lowest BCUT2D eigenvalue weighted by atomic mass is 9.97. The Balaban J connectivity index is 1.63. The van der Waals surface area contributed by atoms with Crippen molar-refractivity contribution in [1.29, 1.82) is 0 Å². The normalized spacial score (nSPS) is 16.3. The van der Waals surface area contributed by atoms with Gasteiger partial charge in [0.25, 0.3) is 0 Å². The van der Waals surface area contributed by atoms with E-state index in [-0.39, 0.29) is 16.7 Å². The summed E-state index contributed by atoms with van der Waals surface area (Å²) in [4.78, 5) is 12.8. The van der Waals surface area contributed by atoms with E-state index in [4.69, 9.17) is 11.6 Å². The molecular weight excluding hydrogens is 384 g/mol. The quantitative estimate of drug-likeness (QED) is 0.834. The minimum Gasteiger partial charge on any atom is -0.326 e. The molecule has 1 amide bonds. The number of anilines is 1. The molecule has 0 aliphatic carbocycles. The van der Waals surface area contributed by atoms with Gasteiger partial charge in [-0.05, 0) is 68.1 Å². The van der Waals surface area contributed by atoms with E-state index in [2.05, 4.69) is 5.32 Å². The summed E-state index contributed by atoms with van der Waals surface area (Å²) in [5, 5.41) is 3.49. The number of piperidine rings is 1. The molecule has 144 valence electrons. The van der Waals surface area contributed by atoms with Crippen molar-refractivity contribution in [1.82, 2.24) is 4.31 Å². The fraction of sp³-hybridized carbons (Fsp3) is 0.350. The van der Waals surface area contributed by atoms with Gasteiger partial charge < -0.3 is 5.32 Å². The van der Waals surface area contributed by atoms with E-state index < -0.39 is 10.0 Å². The Morgan fingerprint density at radius 1 is 1.07 bits per heavy atom. The molecular formula is C20H23ClN2O3S. The maximum absolute atomic E-state index is 12.7. The topological polar surface area (TPSA) is 66.5 Å². The van der Waals surface area contributed by atoms with Gasteiger partial charge in [0.2, 0.25) is 15.9 Å². The van der Waals surface area contributed by atoms with Crippen LogP contribution < -0.4 is 5.32 Å². The summed E-state index contributed by atoms with van der Waals surface area (Å²) in [5.74, 6) is -0.242. The molecule has 1 aliphatic heterocycles. The minimum atomic E-state index is -3.56. The largest absolute Gasteiger partial charge is 0.326 e. The van der Waals surface area contributed by atoms with Crippen LogP contribution in [0.1, 0.15) is 24.0 Å². The highest BCUT2D eigenvalue weighted by atomic mass is 35.5. The molecule has 1 saturated heterocycles. The zero-order chi connectivity index (χ0) is 19.6. The van der Waals surface area contributed by atoms with Crippen LogP contribution in [-0.2, 0) is 14.8 Å². The Morgan fingerprint density at radius 2 is 1.70 bits per heavy atom. The van der Waals surface area contributed by atoms with Crippen LogP contribution in [0.2, 0.25) is 5.02 Å². The number of sulfonamides is 1. The molecule has 1 fully saturated rings. The summed E-state index contributed by atoms with van der Waals surface area (Å²) in [6, 6.07) is 12.0. The van der Waals surface area contributed by atoms with Crippen molar-refractivity contribution in [2.24, 2.45) is 5.92 Å².